The first-order valence-corrected chi connectivity index (χ1v) is 6.69. The van der Waals surface area contributed by atoms with Gasteiger partial charge in [0.15, 0.2) is 0 Å². The van der Waals surface area contributed by atoms with Crippen LogP contribution in [0.15, 0.2) is 16.5 Å². The lowest BCUT2D eigenvalue weighted by molar-refractivity contribution is 0.179. The molecule has 3 heteroatoms. The molecule has 1 aliphatic carbocycles. The highest BCUT2D eigenvalue weighted by Crippen LogP contribution is 2.23. The number of nitrogens with one attached hydrogen (secondary N) is 1. The molecule has 0 bridgehead atoms. The first-order valence-electron chi connectivity index (χ1n) is 6.69. The summed E-state index contributed by atoms with van der Waals surface area (Å²) >= 11 is 0. The number of aryl methyl sites for hydroxylation is 1. The molecule has 2 rings (SSSR count). The van der Waals surface area contributed by atoms with Gasteiger partial charge in [-0.25, -0.2) is 0 Å². The molecule has 1 aliphatic rings. The Kier molecular flexibility index (Phi) is 4.63. The maximum atomic E-state index is 9.42. The molecule has 1 heterocycles. The molecule has 0 spiro atoms. The zero-order valence-corrected chi connectivity index (χ0v) is 10.6. The van der Waals surface area contributed by atoms with E-state index in [-0.39, 0.29) is 0 Å². The summed E-state index contributed by atoms with van der Waals surface area (Å²) in [4.78, 5) is 0. The van der Waals surface area contributed by atoms with E-state index >= 15 is 0 Å². The van der Waals surface area contributed by atoms with Gasteiger partial charge in [0.2, 0.25) is 0 Å². The van der Waals surface area contributed by atoms with E-state index in [1.165, 1.54) is 25.7 Å². The molecule has 0 aromatic carbocycles. The minimum absolute atomic E-state index is 0.300. The second kappa shape index (κ2) is 6.22. The summed E-state index contributed by atoms with van der Waals surface area (Å²) < 4.78 is 5.55. The number of rotatable bonds is 4. The molecular weight excluding hydrogens is 214 g/mol. The quantitative estimate of drug-likeness (QED) is 0.791. The van der Waals surface area contributed by atoms with Crippen molar-refractivity contribution in [2.75, 3.05) is 6.61 Å². The highest BCUT2D eigenvalue weighted by Gasteiger charge is 2.22. The summed E-state index contributed by atoms with van der Waals surface area (Å²) in [6.07, 6.45) is 6.14. The van der Waals surface area contributed by atoms with E-state index in [1.807, 2.05) is 19.1 Å². The van der Waals surface area contributed by atoms with Crippen LogP contribution >= 0.6 is 0 Å². The Hall–Kier alpha value is -0.800. The third-order valence-electron chi connectivity index (χ3n) is 3.73. The summed E-state index contributed by atoms with van der Waals surface area (Å²) in [6, 6.07) is 4.45. The summed E-state index contributed by atoms with van der Waals surface area (Å²) in [7, 11) is 0. The fourth-order valence-corrected chi connectivity index (χ4v) is 2.68. The van der Waals surface area contributed by atoms with Crippen LogP contribution in [-0.2, 0) is 6.54 Å². The molecule has 3 nitrogen and oxygen atoms in total. The molecule has 1 fully saturated rings. The van der Waals surface area contributed by atoms with Crippen LogP contribution in [0.1, 0.15) is 43.6 Å². The fraction of sp³-hybridized carbons (Fsp3) is 0.714. The molecule has 17 heavy (non-hydrogen) atoms. The van der Waals surface area contributed by atoms with Crippen LogP contribution in [0.2, 0.25) is 0 Å². The Bertz CT molecular complexity index is 335. The second-order valence-electron chi connectivity index (χ2n) is 5.08. The van der Waals surface area contributed by atoms with Crippen molar-refractivity contribution in [1.29, 1.82) is 0 Å². The Morgan fingerprint density at radius 2 is 2.12 bits per heavy atom. The molecule has 1 aromatic heterocycles. The van der Waals surface area contributed by atoms with E-state index in [2.05, 4.69) is 5.32 Å². The van der Waals surface area contributed by atoms with Crippen LogP contribution in [0.3, 0.4) is 0 Å². The average Bonchev–Trinajstić information content (AvgIpc) is 2.63. The van der Waals surface area contributed by atoms with Crippen LogP contribution in [-0.4, -0.2) is 17.8 Å². The molecule has 96 valence electrons. The van der Waals surface area contributed by atoms with Gasteiger partial charge < -0.3 is 14.8 Å². The van der Waals surface area contributed by atoms with E-state index < -0.39 is 0 Å². The van der Waals surface area contributed by atoms with E-state index in [1.54, 1.807) is 0 Å². The van der Waals surface area contributed by atoms with Crippen LogP contribution in [0, 0.1) is 12.8 Å². The predicted octanol–water partition coefficient (Wildman–Crippen LogP) is 2.62. The smallest absolute Gasteiger partial charge is 0.117 e. The molecule has 0 amide bonds. The van der Waals surface area contributed by atoms with Gasteiger partial charge in [0, 0.05) is 12.6 Å². The lowest BCUT2D eigenvalue weighted by atomic mass is 9.95. The van der Waals surface area contributed by atoms with Crippen molar-refractivity contribution in [2.45, 2.75) is 51.6 Å². The van der Waals surface area contributed by atoms with Gasteiger partial charge in [0.05, 0.1) is 6.54 Å². The molecule has 0 radical (unpaired) electrons. The van der Waals surface area contributed by atoms with E-state index in [0.717, 1.165) is 24.5 Å². The molecular formula is C14H23NO2. The normalized spacial score (nSPS) is 25.8. The molecule has 2 N–H and O–H groups in total. The number of aliphatic hydroxyl groups excluding tert-OH is 1. The molecule has 1 aromatic rings. The van der Waals surface area contributed by atoms with Crippen LogP contribution in [0.5, 0.6) is 0 Å². The van der Waals surface area contributed by atoms with Crippen molar-refractivity contribution in [2.24, 2.45) is 5.92 Å². The van der Waals surface area contributed by atoms with Crippen molar-refractivity contribution in [3.63, 3.8) is 0 Å². The third-order valence-corrected chi connectivity index (χ3v) is 3.73. The summed E-state index contributed by atoms with van der Waals surface area (Å²) in [5.41, 5.74) is 0. The molecule has 2 unspecified atom stereocenters. The summed E-state index contributed by atoms with van der Waals surface area (Å²) in [5, 5.41) is 13.0. The van der Waals surface area contributed by atoms with E-state index in [0.29, 0.717) is 18.6 Å². The largest absolute Gasteiger partial charge is 0.465 e. The van der Waals surface area contributed by atoms with Crippen LogP contribution in [0.25, 0.3) is 0 Å². The van der Waals surface area contributed by atoms with Crippen molar-refractivity contribution < 1.29 is 9.52 Å². The first kappa shape index (κ1) is 12.7. The standard InChI is InChI=1S/C14H23NO2/c1-11-7-8-13(17-11)9-15-14-6-4-2-3-5-12(14)10-16/h7-8,12,14-16H,2-6,9-10H2,1H3. The minimum atomic E-state index is 0.300. The Balaban J connectivity index is 1.87. The van der Waals surface area contributed by atoms with Gasteiger partial charge in [-0.1, -0.05) is 19.3 Å². The fourth-order valence-electron chi connectivity index (χ4n) is 2.68. The maximum absolute atomic E-state index is 9.42. The Morgan fingerprint density at radius 3 is 2.82 bits per heavy atom. The van der Waals surface area contributed by atoms with Crippen molar-refractivity contribution >= 4 is 0 Å². The van der Waals surface area contributed by atoms with Gasteiger partial charge in [-0.15, -0.1) is 0 Å². The van der Waals surface area contributed by atoms with E-state index in [9.17, 15) is 5.11 Å². The van der Waals surface area contributed by atoms with Gasteiger partial charge in [-0.05, 0) is 37.8 Å². The highest BCUT2D eigenvalue weighted by molar-refractivity contribution is 5.05. The minimum Gasteiger partial charge on any atom is -0.465 e. The first-order chi connectivity index (χ1) is 8.29. The van der Waals surface area contributed by atoms with Crippen molar-refractivity contribution in [1.82, 2.24) is 5.32 Å². The maximum Gasteiger partial charge on any atom is 0.117 e. The predicted molar refractivity (Wildman–Crippen MR) is 67.7 cm³/mol. The average molecular weight is 237 g/mol. The number of furan rings is 1. The van der Waals surface area contributed by atoms with Gasteiger partial charge in [0.1, 0.15) is 11.5 Å². The monoisotopic (exact) mass is 237 g/mol. The van der Waals surface area contributed by atoms with E-state index in [4.69, 9.17) is 4.42 Å². The Morgan fingerprint density at radius 1 is 1.29 bits per heavy atom. The number of hydrogen-bond acceptors (Lipinski definition) is 3. The van der Waals surface area contributed by atoms with Crippen LogP contribution < -0.4 is 5.32 Å². The SMILES string of the molecule is Cc1ccc(CNC2CCCCCC2CO)o1. The molecule has 0 aliphatic heterocycles. The topological polar surface area (TPSA) is 45.4 Å². The van der Waals surface area contributed by atoms with Gasteiger partial charge in [0.25, 0.3) is 0 Å². The zero-order valence-electron chi connectivity index (χ0n) is 10.6. The van der Waals surface area contributed by atoms with Gasteiger partial charge in [-0.2, -0.15) is 0 Å². The lowest BCUT2D eigenvalue weighted by Crippen LogP contribution is -2.36. The molecule has 0 saturated heterocycles. The number of aliphatic hydroxyl groups is 1. The highest BCUT2D eigenvalue weighted by atomic mass is 16.3. The molecule has 2 atom stereocenters. The van der Waals surface area contributed by atoms with Crippen LogP contribution in [0.4, 0.5) is 0 Å². The number of hydrogen-bond donors (Lipinski definition) is 2. The summed E-state index contributed by atoms with van der Waals surface area (Å²) in [5.74, 6) is 2.36. The van der Waals surface area contributed by atoms with Crippen molar-refractivity contribution in [3.05, 3.63) is 23.7 Å². The van der Waals surface area contributed by atoms with Gasteiger partial charge in [-0.3, -0.25) is 0 Å². The second-order valence-corrected chi connectivity index (χ2v) is 5.08. The lowest BCUT2D eigenvalue weighted by Gasteiger charge is -2.24. The van der Waals surface area contributed by atoms with Crippen molar-refractivity contribution in [3.8, 4) is 0 Å². The summed E-state index contributed by atoms with van der Waals surface area (Å²) in [6.45, 7) is 3.04. The van der Waals surface area contributed by atoms with Gasteiger partial charge >= 0.3 is 0 Å². The zero-order chi connectivity index (χ0) is 12.1. The third kappa shape index (κ3) is 3.58. The molecule has 1 saturated carbocycles. The Labute approximate surface area is 103 Å².